The van der Waals surface area contributed by atoms with Crippen LogP contribution in [-0.2, 0) is 0 Å². The molecule has 4 aliphatic carbocycles. The van der Waals surface area contributed by atoms with Crippen LogP contribution in [0.4, 0.5) is 0 Å². The SMILES string of the molecule is C1CC[C@H]2C3CC(C3)[C@H]2C1. The minimum Gasteiger partial charge on any atom is -0.0530 e. The first-order valence-corrected chi connectivity index (χ1v) is 4.95. The lowest BCUT2D eigenvalue weighted by Crippen LogP contribution is -2.13. The summed E-state index contributed by atoms with van der Waals surface area (Å²) in [7, 11) is 0. The van der Waals surface area contributed by atoms with Crippen molar-refractivity contribution in [3.05, 3.63) is 0 Å². The summed E-state index contributed by atoms with van der Waals surface area (Å²) < 4.78 is 0. The van der Waals surface area contributed by atoms with Gasteiger partial charge in [-0.1, -0.05) is 12.8 Å². The van der Waals surface area contributed by atoms with Gasteiger partial charge in [0.1, 0.15) is 0 Å². The molecule has 0 saturated heterocycles. The maximum atomic E-state index is 1.62. The van der Waals surface area contributed by atoms with Gasteiger partial charge in [0.15, 0.2) is 0 Å². The highest BCUT2D eigenvalue weighted by Gasteiger charge is 2.51. The Morgan fingerprint density at radius 2 is 1.20 bits per heavy atom. The molecular formula is C10H16. The number of hydrogen-bond donors (Lipinski definition) is 0. The second-order valence-electron chi connectivity index (χ2n) is 4.60. The Morgan fingerprint density at radius 3 is 1.70 bits per heavy atom. The van der Waals surface area contributed by atoms with E-state index in [0.29, 0.717) is 0 Å². The maximum absolute atomic E-state index is 1.62. The van der Waals surface area contributed by atoms with E-state index in [1.165, 1.54) is 23.7 Å². The van der Waals surface area contributed by atoms with Crippen molar-refractivity contribution in [1.82, 2.24) is 0 Å². The third-order valence-corrected chi connectivity index (χ3v) is 4.30. The quantitative estimate of drug-likeness (QED) is 0.480. The van der Waals surface area contributed by atoms with Crippen LogP contribution in [0.5, 0.6) is 0 Å². The second-order valence-corrected chi connectivity index (χ2v) is 4.60. The molecule has 56 valence electrons. The predicted octanol–water partition coefficient (Wildman–Crippen LogP) is 2.83. The van der Waals surface area contributed by atoms with Gasteiger partial charge in [-0.3, -0.25) is 0 Å². The molecule has 4 fully saturated rings. The van der Waals surface area contributed by atoms with Gasteiger partial charge in [-0.2, -0.15) is 0 Å². The largest absolute Gasteiger partial charge is 0.0530 e. The van der Waals surface area contributed by atoms with E-state index in [0.717, 1.165) is 0 Å². The Hall–Kier alpha value is 0. The number of hydrogen-bond acceptors (Lipinski definition) is 0. The molecule has 0 unspecified atom stereocenters. The third-order valence-electron chi connectivity index (χ3n) is 4.30. The van der Waals surface area contributed by atoms with Crippen molar-refractivity contribution >= 4 is 0 Å². The van der Waals surface area contributed by atoms with Crippen molar-refractivity contribution in [1.29, 1.82) is 0 Å². The Bertz CT molecular complexity index is 128. The number of rotatable bonds is 0. The summed E-state index contributed by atoms with van der Waals surface area (Å²) in [4.78, 5) is 0. The lowest BCUT2D eigenvalue weighted by Gasteiger charge is -2.24. The summed E-state index contributed by atoms with van der Waals surface area (Å²) in [6.07, 6.45) is 9.51. The van der Waals surface area contributed by atoms with Crippen molar-refractivity contribution in [3.8, 4) is 0 Å². The van der Waals surface area contributed by atoms with Crippen molar-refractivity contribution in [2.24, 2.45) is 23.7 Å². The van der Waals surface area contributed by atoms with Gasteiger partial charge in [0, 0.05) is 0 Å². The van der Waals surface area contributed by atoms with Crippen LogP contribution in [0.15, 0.2) is 0 Å². The van der Waals surface area contributed by atoms with Gasteiger partial charge in [0.2, 0.25) is 0 Å². The Kier molecular flexibility index (Phi) is 1.00. The molecule has 0 heterocycles. The molecule has 0 spiro atoms. The molecule has 4 aliphatic rings. The van der Waals surface area contributed by atoms with Crippen LogP contribution >= 0.6 is 0 Å². The molecular weight excluding hydrogens is 120 g/mol. The van der Waals surface area contributed by atoms with Gasteiger partial charge in [0.05, 0.1) is 0 Å². The van der Waals surface area contributed by atoms with Crippen molar-refractivity contribution in [2.45, 2.75) is 38.5 Å². The fourth-order valence-electron chi connectivity index (χ4n) is 3.77. The first-order chi connectivity index (χ1) is 4.95. The standard InChI is InChI=1S/C10H16/c1-2-4-10-8-5-7(6-8)9(10)3-1/h7-10H,1-6H2/t7?,8?,9-,10+. The first-order valence-electron chi connectivity index (χ1n) is 4.95. The molecule has 0 radical (unpaired) electrons. The fourth-order valence-corrected chi connectivity index (χ4v) is 3.77. The Balaban J connectivity index is 1.85. The predicted molar refractivity (Wildman–Crippen MR) is 41.7 cm³/mol. The molecule has 0 aromatic heterocycles. The van der Waals surface area contributed by atoms with E-state index in [-0.39, 0.29) is 0 Å². The molecule has 2 atom stereocenters. The third kappa shape index (κ3) is 0.538. The summed E-state index contributed by atoms with van der Waals surface area (Å²) in [5.74, 6) is 4.82. The first kappa shape index (κ1) is 5.62. The Morgan fingerprint density at radius 1 is 0.700 bits per heavy atom. The average Bonchev–Trinajstić information content (AvgIpc) is 2.36. The van der Waals surface area contributed by atoms with Crippen LogP contribution in [0, 0.1) is 23.7 Å². The Labute approximate surface area is 63.0 Å². The van der Waals surface area contributed by atoms with Crippen LogP contribution < -0.4 is 0 Å². The van der Waals surface area contributed by atoms with Gasteiger partial charge >= 0.3 is 0 Å². The second kappa shape index (κ2) is 1.78. The molecule has 0 N–H and O–H groups in total. The lowest BCUT2D eigenvalue weighted by molar-refractivity contribution is 0.268. The minimum absolute atomic E-state index is 1.20. The zero-order valence-electron chi connectivity index (χ0n) is 6.55. The van der Waals surface area contributed by atoms with E-state index in [2.05, 4.69) is 0 Å². The molecule has 4 rings (SSSR count). The molecule has 0 aromatic carbocycles. The van der Waals surface area contributed by atoms with E-state index < -0.39 is 0 Å². The molecule has 0 aliphatic heterocycles. The van der Waals surface area contributed by atoms with Gasteiger partial charge in [-0.25, -0.2) is 0 Å². The van der Waals surface area contributed by atoms with Gasteiger partial charge < -0.3 is 0 Å². The van der Waals surface area contributed by atoms with Crippen LogP contribution in [0.2, 0.25) is 0 Å². The van der Waals surface area contributed by atoms with E-state index in [1.54, 1.807) is 38.5 Å². The van der Waals surface area contributed by atoms with Gasteiger partial charge in [-0.05, 0) is 49.4 Å². The zero-order chi connectivity index (χ0) is 6.55. The lowest BCUT2D eigenvalue weighted by atomic mass is 9.82. The van der Waals surface area contributed by atoms with Crippen LogP contribution in [0.1, 0.15) is 38.5 Å². The summed E-state index contributed by atoms with van der Waals surface area (Å²) in [5, 5.41) is 0. The molecule has 4 saturated carbocycles. The van der Waals surface area contributed by atoms with E-state index in [4.69, 9.17) is 0 Å². The smallest absolute Gasteiger partial charge is 0.0355 e. The highest BCUT2D eigenvalue weighted by molar-refractivity contribution is 5.01. The van der Waals surface area contributed by atoms with Gasteiger partial charge in [-0.15, -0.1) is 0 Å². The maximum Gasteiger partial charge on any atom is -0.0355 e. The summed E-state index contributed by atoms with van der Waals surface area (Å²) in [6.45, 7) is 0. The van der Waals surface area contributed by atoms with Crippen molar-refractivity contribution in [3.63, 3.8) is 0 Å². The van der Waals surface area contributed by atoms with Crippen LogP contribution in [-0.4, -0.2) is 0 Å². The zero-order valence-corrected chi connectivity index (χ0v) is 6.55. The topological polar surface area (TPSA) is 0 Å². The van der Waals surface area contributed by atoms with Crippen LogP contribution in [0.25, 0.3) is 0 Å². The summed E-state index contributed by atoms with van der Waals surface area (Å²) >= 11 is 0. The summed E-state index contributed by atoms with van der Waals surface area (Å²) in [6, 6.07) is 0. The fraction of sp³-hybridized carbons (Fsp3) is 1.00. The highest BCUT2D eigenvalue weighted by atomic mass is 14.6. The van der Waals surface area contributed by atoms with Crippen LogP contribution in [0.3, 0.4) is 0 Å². The van der Waals surface area contributed by atoms with Gasteiger partial charge in [0.25, 0.3) is 0 Å². The monoisotopic (exact) mass is 136 g/mol. The molecule has 0 aromatic rings. The van der Waals surface area contributed by atoms with Crippen molar-refractivity contribution in [2.75, 3.05) is 0 Å². The highest BCUT2D eigenvalue weighted by Crippen LogP contribution is 2.60. The molecule has 0 heteroatoms. The molecule has 0 nitrogen and oxygen atoms in total. The normalized spacial score (nSPS) is 57.6. The molecule has 10 heavy (non-hydrogen) atoms. The molecule has 0 amide bonds. The molecule has 2 bridgehead atoms. The van der Waals surface area contributed by atoms with E-state index >= 15 is 0 Å². The minimum atomic E-state index is 1.20. The summed E-state index contributed by atoms with van der Waals surface area (Å²) in [5.41, 5.74) is 0. The van der Waals surface area contributed by atoms with Crippen molar-refractivity contribution < 1.29 is 0 Å². The van der Waals surface area contributed by atoms with E-state index in [1.807, 2.05) is 0 Å². The van der Waals surface area contributed by atoms with E-state index in [9.17, 15) is 0 Å². The average molecular weight is 136 g/mol.